The molecule has 0 fully saturated rings. The maximum Gasteiger partial charge on any atom is 0.299 e. The molecule has 3 nitrogen and oxygen atoms in total. The van der Waals surface area contributed by atoms with Gasteiger partial charge in [0.1, 0.15) is 0 Å². The monoisotopic (exact) mass is 202 g/mol. The zero-order valence-corrected chi connectivity index (χ0v) is 5.88. The van der Waals surface area contributed by atoms with Crippen molar-refractivity contribution in [3.63, 3.8) is 0 Å². The Labute approximate surface area is 48.8 Å². The second-order valence-corrected chi connectivity index (χ2v) is 0.692. The van der Waals surface area contributed by atoms with Gasteiger partial charge in [-0.05, 0) is 0 Å². The molecule has 5 heteroatoms. The van der Waals surface area contributed by atoms with E-state index in [0.29, 0.717) is 0 Å². The standard InChI is InChI=1S/H2O3S.Sn/c1-4(2)3;/h(H2,1,2,3);. The molecular formula is H2O3SSn. The Bertz CT molecular complexity index is 29.9. The normalized spacial score (nSPS) is 7.00. The third-order valence-electron chi connectivity index (χ3n) is 0. The molecule has 0 aliphatic heterocycles. The number of rotatable bonds is 0. The van der Waals surface area contributed by atoms with Gasteiger partial charge in [-0.15, -0.1) is 0 Å². The van der Waals surface area contributed by atoms with E-state index in [-0.39, 0.29) is 23.9 Å². The summed E-state index contributed by atoms with van der Waals surface area (Å²) in [5, 5.41) is 0. The van der Waals surface area contributed by atoms with E-state index in [1.54, 1.807) is 0 Å². The van der Waals surface area contributed by atoms with Crippen molar-refractivity contribution in [1.29, 1.82) is 0 Å². The summed E-state index contributed by atoms with van der Waals surface area (Å²) in [5.74, 6) is 0. The molecule has 2 N–H and O–H groups in total. The molecule has 0 heterocycles. The van der Waals surface area contributed by atoms with Gasteiger partial charge in [0.15, 0.2) is 0 Å². The van der Waals surface area contributed by atoms with Crippen LogP contribution in [0.4, 0.5) is 0 Å². The fraction of sp³-hybridized carbons (Fsp3) is 0. The van der Waals surface area contributed by atoms with Crippen LogP contribution in [0.15, 0.2) is 0 Å². The fourth-order valence-corrected chi connectivity index (χ4v) is 0. The van der Waals surface area contributed by atoms with Crippen LogP contribution in [0, 0.1) is 0 Å². The van der Waals surface area contributed by atoms with Gasteiger partial charge in [0.05, 0.1) is 0 Å². The van der Waals surface area contributed by atoms with Gasteiger partial charge in [-0.3, -0.25) is 9.11 Å². The average Bonchev–Trinajstić information content (AvgIpc) is 0.811. The summed E-state index contributed by atoms with van der Waals surface area (Å²) in [6.45, 7) is 0. The van der Waals surface area contributed by atoms with Gasteiger partial charge >= 0.3 is 0 Å². The molecule has 0 unspecified atom stereocenters. The molecule has 30 valence electrons. The summed E-state index contributed by atoms with van der Waals surface area (Å²) >= 11 is -2.61. The van der Waals surface area contributed by atoms with Crippen LogP contribution < -0.4 is 0 Å². The van der Waals surface area contributed by atoms with Crippen molar-refractivity contribution >= 4 is 35.3 Å². The molecule has 0 aromatic carbocycles. The van der Waals surface area contributed by atoms with Crippen LogP contribution in [0.3, 0.4) is 0 Å². The second-order valence-electron chi connectivity index (χ2n) is 0.231. The molecule has 0 atom stereocenters. The van der Waals surface area contributed by atoms with Crippen molar-refractivity contribution in [2.24, 2.45) is 0 Å². The quantitative estimate of drug-likeness (QED) is 0.402. The van der Waals surface area contributed by atoms with Crippen molar-refractivity contribution in [3.05, 3.63) is 0 Å². The molecule has 0 saturated heterocycles. The molecule has 0 bridgehead atoms. The Morgan fingerprint density at radius 3 is 1.40 bits per heavy atom. The van der Waals surface area contributed by atoms with Crippen LogP contribution in [0.5, 0.6) is 0 Å². The van der Waals surface area contributed by atoms with Crippen LogP contribution >= 0.6 is 0 Å². The minimum absolute atomic E-state index is 0. The van der Waals surface area contributed by atoms with Crippen LogP contribution in [-0.2, 0) is 11.4 Å². The Morgan fingerprint density at radius 2 is 1.40 bits per heavy atom. The van der Waals surface area contributed by atoms with Gasteiger partial charge in [-0.1, -0.05) is 0 Å². The zero-order chi connectivity index (χ0) is 3.58. The molecule has 4 radical (unpaired) electrons. The van der Waals surface area contributed by atoms with E-state index in [2.05, 4.69) is 0 Å². The summed E-state index contributed by atoms with van der Waals surface area (Å²) in [5.41, 5.74) is 0. The Morgan fingerprint density at radius 1 is 1.40 bits per heavy atom. The smallest absolute Gasteiger partial charge is 0.284 e. The molecule has 0 aromatic heterocycles. The van der Waals surface area contributed by atoms with E-state index < -0.39 is 11.4 Å². The Hall–Kier alpha value is 0.869. The summed E-state index contributed by atoms with van der Waals surface area (Å²) < 4.78 is 22.8. The minimum Gasteiger partial charge on any atom is -0.284 e. The van der Waals surface area contributed by atoms with Gasteiger partial charge in [0, 0.05) is 23.9 Å². The van der Waals surface area contributed by atoms with Crippen molar-refractivity contribution in [2.75, 3.05) is 0 Å². The predicted molar refractivity (Wildman–Crippen MR) is 19.2 cm³/mol. The van der Waals surface area contributed by atoms with Crippen LogP contribution in [0.25, 0.3) is 0 Å². The van der Waals surface area contributed by atoms with Gasteiger partial charge in [0.2, 0.25) is 0 Å². The topological polar surface area (TPSA) is 57.5 Å². The van der Waals surface area contributed by atoms with Gasteiger partial charge in [-0.25, -0.2) is 0 Å². The number of hydrogen-bond donors (Lipinski definition) is 2. The fourth-order valence-electron chi connectivity index (χ4n) is 0. The predicted octanol–water partition coefficient (Wildman–Crippen LogP) is -0.700. The molecule has 0 aliphatic rings. The van der Waals surface area contributed by atoms with Crippen LogP contribution in [-0.4, -0.2) is 37.2 Å². The summed E-state index contributed by atoms with van der Waals surface area (Å²) in [6.07, 6.45) is 0. The Balaban J connectivity index is 0. The van der Waals surface area contributed by atoms with Crippen LogP contribution in [0.2, 0.25) is 0 Å². The first-order chi connectivity index (χ1) is 1.73. The number of hydrogen-bond acceptors (Lipinski definition) is 1. The van der Waals surface area contributed by atoms with E-state index in [4.69, 9.17) is 13.3 Å². The Kier molecular flexibility index (Phi) is 9.05. The zero-order valence-electron chi connectivity index (χ0n) is 2.21. The van der Waals surface area contributed by atoms with Crippen LogP contribution in [0.1, 0.15) is 0 Å². The van der Waals surface area contributed by atoms with E-state index in [0.717, 1.165) is 0 Å². The molecule has 0 aliphatic carbocycles. The molecule has 0 aromatic rings. The van der Waals surface area contributed by atoms with E-state index in [9.17, 15) is 0 Å². The van der Waals surface area contributed by atoms with Gasteiger partial charge < -0.3 is 0 Å². The first kappa shape index (κ1) is 9.29. The summed E-state index contributed by atoms with van der Waals surface area (Å²) in [6, 6.07) is 0. The van der Waals surface area contributed by atoms with Gasteiger partial charge in [-0.2, -0.15) is 4.21 Å². The molecule has 5 heavy (non-hydrogen) atoms. The van der Waals surface area contributed by atoms with E-state index in [1.807, 2.05) is 0 Å². The second kappa shape index (κ2) is 4.87. The van der Waals surface area contributed by atoms with Crippen molar-refractivity contribution in [1.82, 2.24) is 0 Å². The SMILES string of the molecule is O=S(O)O.[Sn]. The maximum absolute atomic E-state index is 8.67. The summed E-state index contributed by atoms with van der Waals surface area (Å²) in [7, 11) is 0. The van der Waals surface area contributed by atoms with Crippen molar-refractivity contribution < 1.29 is 13.3 Å². The third kappa shape index (κ3) is 53.1. The first-order valence-corrected chi connectivity index (χ1v) is 1.60. The molecule has 0 saturated carbocycles. The average molecular weight is 201 g/mol. The van der Waals surface area contributed by atoms with Gasteiger partial charge in [0.25, 0.3) is 11.4 Å². The van der Waals surface area contributed by atoms with Crippen molar-refractivity contribution in [3.8, 4) is 0 Å². The molecule has 0 spiro atoms. The van der Waals surface area contributed by atoms with Crippen molar-refractivity contribution in [2.45, 2.75) is 0 Å². The molecule has 0 rings (SSSR count). The maximum atomic E-state index is 8.67. The third-order valence-corrected chi connectivity index (χ3v) is 0. The van der Waals surface area contributed by atoms with E-state index in [1.165, 1.54) is 0 Å². The molecule has 0 amide bonds. The minimum atomic E-state index is -2.61. The summed E-state index contributed by atoms with van der Waals surface area (Å²) in [4.78, 5) is 0. The molecular weight excluding hydrogens is 199 g/mol. The largest absolute Gasteiger partial charge is 0.299 e. The van der Waals surface area contributed by atoms with E-state index >= 15 is 0 Å². The first-order valence-electron chi connectivity index (χ1n) is 0.532.